The third-order valence-corrected chi connectivity index (χ3v) is 4.63. The lowest BCUT2D eigenvalue weighted by atomic mass is 10.3. The molecule has 0 atom stereocenters. The maximum atomic E-state index is 12.7. The maximum Gasteiger partial charge on any atom is 0.261 e. The summed E-state index contributed by atoms with van der Waals surface area (Å²) in [5, 5.41) is 23.4. The number of hydrogen-bond donors (Lipinski definition) is 2. The molecule has 1 amide bonds. The molecule has 1 saturated heterocycles. The number of rotatable bonds is 4. The predicted molar refractivity (Wildman–Crippen MR) is 127 cm³/mol. The second-order valence-corrected chi connectivity index (χ2v) is 7.17. The number of nitrogens with zero attached hydrogens (tertiary/aromatic N) is 7. The molecule has 3 aromatic rings. The number of carbonyl (C=O) groups excluding carboxylic acids is 2. The first kappa shape index (κ1) is 26.4. The molecule has 11 nitrogen and oxygen atoms in total. The molecule has 3 aromatic heterocycles. The molecule has 0 radical (unpaired) electrons. The van der Waals surface area contributed by atoms with Crippen LogP contribution in [0.25, 0.3) is 5.65 Å². The van der Waals surface area contributed by atoms with E-state index in [4.69, 9.17) is 5.26 Å². The summed E-state index contributed by atoms with van der Waals surface area (Å²) in [5.74, 6) is 0.0292. The average Bonchev–Trinajstić information content (AvgIpc) is 3.31. The van der Waals surface area contributed by atoms with E-state index < -0.39 is 12.5 Å². The molecule has 1 fully saturated rings. The Morgan fingerprint density at radius 3 is 2.71 bits per heavy atom. The summed E-state index contributed by atoms with van der Waals surface area (Å²) in [5.41, 5.74) is 1.34. The molecule has 4 heterocycles. The van der Waals surface area contributed by atoms with Crippen molar-refractivity contribution in [3.05, 3.63) is 35.9 Å². The van der Waals surface area contributed by atoms with E-state index in [1.165, 1.54) is 17.8 Å². The van der Waals surface area contributed by atoms with Crippen molar-refractivity contribution in [3.8, 4) is 6.07 Å². The van der Waals surface area contributed by atoms with Crippen LogP contribution in [0.1, 0.15) is 43.2 Å². The largest absolute Gasteiger partial charge is 0.355 e. The lowest BCUT2D eigenvalue weighted by molar-refractivity contribution is -0.117. The zero-order valence-electron chi connectivity index (χ0n) is 19.9. The monoisotopic (exact) mass is 471 g/mol. The molecule has 0 spiro atoms. The Bertz CT molecular complexity index is 1140. The minimum Gasteiger partial charge on any atom is -0.355 e. The first-order valence-corrected chi connectivity index (χ1v) is 11.0. The van der Waals surface area contributed by atoms with Gasteiger partial charge in [-0.15, -0.1) is 0 Å². The quantitative estimate of drug-likeness (QED) is 0.590. The minimum atomic E-state index is -0.833. The summed E-state index contributed by atoms with van der Waals surface area (Å²) in [7, 11) is 1.69. The fourth-order valence-corrected chi connectivity index (χ4v) is 3.12. The van der Waals surface area contributed by atoms with Crippen molar-refractivity contribution in [1.29, 1.82) is 5.26 Å². The first-order valence-electron chi connectivity index (χ1n) is 11.0. The number of anilines is 2. The van der Waals surface area contributed by atoms with E-state index >= 15 is 0 Å². The zero-order chi connectivity index (χ0) is 25.1. The smallest absolute Gasteiger partial charge is 0.261 e. The van der Waals surface area contributed by atoms with Gasteiger partial charge in [0.25, 0.3) is 5.91 Å². The third kappa shape index (κ3) is 6.82. The highest BCUT2D eigenvalue weighted by molar-refractivity contribution is 6.08. The van der Waals surface area contributed by atoms with E-state index in [0.717, 1.165) is 38.4 Å². The number of aryl methyl sites for hydroxylation is 1. The van der Waals surface area contributed by atoms with Crippen molar-refractivity contribution < 1.29 is 14.0 Å². The minimum absolute atomic E-state index is 0.160. The molecule has 0 saturated carbocycles. The first-order chi connectivity index (χ1) is 16.4. The van der Waals surface area contributed by atoms with Crippen molar-refractivity contribution in [1.82, 2.24) is 29.7 Å². The highest BCUT2D eigenvalue weighted by Crippen LogP contribution is 2.18. The number of hydrogen-bond acceptors (Lipinski definition) is 8. The average molecular weight is 472 g/mol. The number of alkyl halides is 1. The number of fused-ring (bicyclic) bond motifs is 1. The Kier molecular flexibility index (Phi) is 10.1. The van der Waals surface area contributed by atoms with E-state index in [1.807, 2.05) is 26.0 Å². The molecule has 4 rings (SSSR count). The second-order valence-electron chi connectivity index (χ2n) is 7.17. The van der Waals surface area contributed by atoms with E-state index in [2.05, 4.69) is 30.7 Å². The summed E-state index contributed by atoms with van der Waals surface area (Å²) in [6.45, 7) is 8.04. The van der Waals surface area contributed by atoms with Gasteiger partial charge in [0.2, 0.25) is 0 Å². The van der Waals surface area contributed by atoms with Crippen LogP contribution in [0.4, 0.5) is 15.9 Å². The predicted octanol–water partition coefficient (Wildman–Crippen LogP) is 1.96. The summed E-state index contributed by atoms with van der Waals surface area (Å²) in [6.07, 6.45) is 5.91. The highest BCUT2D eigenvalue weighted by Gasteiger charge is 2.19. The van der Waals surface area contributed by atoms with Gasteiger partial charge >= 0.3 is 0 Å². The summed E-state index contributed by atoms with van der Waals surface area (Å²) < 4.78 is 13.8. The van der Waals surface area contributed by atoms with Gasteiger partial charge < -0.3 is 15.5 Å². The zero-order valence-corrected chi connectivity index (χ0v) is 19.9. The molecule has 0 unspecified atom stereocenters. The van der Waals surface area contributed by atoms with Gasteiger partial charge in [0.05, 0.1) is 11.9 Å². The van der Waals surface area contributed by atoms with Crippen molar-refractivity contribution >= 4 is 28.8 Å². The van der Waals surface area contributed by atoms with Crippen molar-refractivity contribution in [2.75, 3.05) is 43.1 Å². The van der Waals surface area contributed by atoms with Crippen LogP contribution in [0.5, 0.6) is 0 Å². The normalized spacial score (nSPS) is 13.0. The highest BCUT2D eigenvalue weighted by atomic mass is 19.1. The van der Waals surface area contributed by atoms with E-state index in [9.17, 15) is 14.0 Å². The number of carbonyl (C=O) groups is 2. The Balaban J connectivity index is 0.000000520. The van der Waals surface area contributed by atoms with Crippen LogP contribution in [0.15, 0.2) is 24.7 Å². The molecule has 1 aliphatic heterocycles. The van der Waals surface area contributed by atoms with Crippen molar-refractivity contribution in [2.45, 2.75) is 27.2 Å². The van der Waals surface area contributed by atoms with E-state index in [0.29, 0.717) is 16.9 Å². The van der Waals surface area contributed by atoms with Crippen molar-refractivity contribution in [2.24, 2.45) is 7.05 Å². The van der Waals surface area contributed by atoms with Gasteiger partial charge in [0, 0.05) is 39.1 Å². The number of nitrogens with one attached hydrogen (secondary N) is 2. The number of halogens is 1. The SMILES string of the molecule is CC.CC(=O)CF.Cn1cc(NC(=O)c2cnn3ccc(N4CCCNCC4)nc23)c(C#N)n1. The lowest BCUT2D eigenvalue weighted by Gasteiger charge is -2.20. The Hall–Kier alpha value is -3.85. The molecule has 1 aliphatic rings. The van der Waals surface area contributed by atoms with Gasteiger partial charge in [0.15, 0.2) is 17.1 Å². The van der Waals surface area contributed by atoms with E-state index in [1.54, 1.807) is 24.0 Å². The van der Waals surface area contributed by atoms with Gasteiger partial charge in [-0.25, -0.2) is 13.9 Å². The number of aromatic nitrogens is 5. The van der Waals surface area contributed by atoms with Gasteiger partial charge in [0.1, 0.15) is 24.1 Å². The van der Waals surface area contributed by atoms with Crippen LogP contribution in [0, 0.1) is 11.3 Å². The van der Waals surface area contributed by atoms with E-state index in [-0.39, 0.29) is 11.6 Å². The third-order valence-electron chi connectivity index (χ3n) is 4.63. The van der Waals surface area contributed by atoms with Gasteiger partial charge in [-0.3, -0.25) is 14.3 Å². The fraction of sp³-hybridized carbons (Fsp3) is 0.455. The lowest BCUT2D eigenvalue weighted by Crippen LogP contribution is -2.28. The number of Topliss-reactive ketones (excluding diaryl/α,β-unsaturated/α-hetero) is 1. The number of ketones is 1. The molecule has 0 aromatic carbocycles. The Morgan fingerprint density at radius 1 is 1.29 bits per heavy atom. The molecule has 182 valence electrons. The number of amides is 1. The molecular weight excluding hydrogens is 441 g/mol. The molecule has 12 heteroatoms. The van der Waals surface area contributed by atoms with Crippen LogP contribution in [0.2, 0.25) is 0 Å². The summed E-state index contributed by atoms with van der Waals surface area (Å²) in [4.78, 5) is 29.0. The van der Waals surface area contributed by atoms with Crippen LogP contribution in [-0.4, -0.2) is 68.9 Å². The standard InChI is InChI=1S/C17H19N9O.C3H5FO.C2H6/c1-24-11-14(13(9-18)23-24)21-17(27)12-10-20-26-7-3-15(22-16(12)26)25-6-2-4-19-5-8-25;1-3(5)2-4;1-2/h3,7,10-11,19H,2,4-6,8H2,1H3,(H,21,27);2H2,1H3;1-2H3. The second kappa shape index (κ2) is 13.0. The summed E-state index contributed by atoms with van der Waals surface area (Å²) in [6, 6.07) is 3.87. The topological polar surface area (TPSA) is 133 Å². The van der Waals surface area contributed by atoms with Crippen LogP contribution in [0.3, 0.4) is 0 Å². The van der Waals surface area contributed by atoms with Gasteiger partial charge in [-0.2, -0.15) is 15.5 Å². The molecular formula is C22H30FN9O2. The molecule has 0 bridgehead atoms. The van der Waals surface area contributed by atoms with Crippen LogP contribution < -0.4 is 15.5 Å². The number of nitriles is 1. The molecule has 34 heavy (non-hydrogen) atoms. The van der Waals surface area contributed by atoms with Crippen LogP contribution in [-0.2, 0) is 11.8 Å². The maximum absolute atomic E-state index is 12.7. The molecule has 0 aliphatic carbocycles. The summed E-state index contributed by atoms with van der Waals surface area (Å²) >= 11 is 0. The van der Waals surface area contributed by atoms with Gasteiger partial charge in [-0.1, -0.05) is 13.8 Å². The van der Waals surface area contributed by atoms with Gasteiger partial charge in [-0.05, 0) is 26.0 Å². The fourth-order valence-electron chi connectivity index (χ4n) is 3.12. The Labute approximate surface area is 197 Å². The Morgan fingerprint density at radius 2 is 2.03 bits per heavy atom. The molecule has 2 N–H and O–H groups in total. The van der Waals surface area contributed by atoms with Crippen molar-refractivity contribution in [3.63, 3.8) is 0 Å². The van der Waals surface area contributed by atoms with Crippen LogP contribution >= 0.6 is 0 Å².